The summed E-state index contributed by atoms with van der Waals surface area (Å²) in [7, 11) is 0. The van der Waals surface area contributed by atoms with E-state index < -0.39 is 0 Å². The summed E-state index contributed by atoms with van der Waals surface area (Å²) in [6.45, 7) is 1.54. The molecule has 0 aliphatic heterocycles. The largest absolute Gasteiger partial charge is 0.347 e. The van der Waals surface area contributed by atoms with Crippen molar-refractivity contribution >= 4 is 17.6 Å². The first kappa shape index (κ1) is 10.1. The minimum absolute atomic E-state index is 0.00420. The fourth-order valence-corrected chi connectivity index (χ4v) is 2.37. The molecule has 0 heterocycles. The van der Waals surface area contributed by atoms with Gasteiger partial charge in [-0.05, 0) is 27.7 Å². The zero-order valence-electron chi connectivity index (χ0n) is 9.60. The Bertz CT molecular complexity index is 664. The molecular weight excluding hydrogens is 210 g/mol. The number of carbonyl (C=O) groups excluding carboxylic acids is 1. The van der Waals surface area contributed by atoms with Crippen LogP contribution in [-0.4, -0.2) is 11.9 Å². The average Bonchev–Trinajstić information content (AvgIpc) is 2.65. The van der Waals surface area contributed by atoms with Gasteiger partial charge in [0.1, 0.15) is 0 Å². The van der Waals surface area contributed by atoms with Crippen molar-refractivity contribution < 1.29 is 4.79 Å². The van der Waals surface area contributed by atoms with Gasteiger partial charge in [-0.2, -0.15) is 0 Å². The van der Waals surface area contributed by atoms with E-state index in [9.17, 15) is 4.79 Å². The molecule has 0 saturated carbocycles. The molecular formula is C15H13NO. The van der Waals surface area contributed by atoms with E-state index in [0.29, 0.717) is 0 Å². The molecule has 2 nitrogen and oxygen atoms in total. The Balaban J connectivity index is 2.08. The van der Waals surface area contributed by atoms with E-state index in [0.717, 1.165) is 0 Å². The van der Waals surface area contributed by atoms with Gasteiger partial charge < -0.3 is 5.32 Å². The lowest BCUT2D eigenvalue weighted by Gasteiger charge is -2.15. The first-order chi connectivity index (χ1) is 8.24. The molecule has 1 N–H and O–H groups in total. The Labute approximate surface area is 99.7 Å². The number of fused-ring (bicyclic) bond motifs is 2. The number of amides is 1. The number of rotatable bonds is 1. The van der Waals surface area contributed by atoms with Crippen molar-refractivity contribution in [2.24, 2.45) is 0 Å². The maximum Gasteiger partial charge on any atom is 0.217 e. The van der Waals surface area contributed by atoms with Crippen LogP contribution in [0.3, 0.4) is 0 Å². The van der Waals surface area contributed by atoms with Gasteiger partial charge >= 0.3 is 0 Å². The Kier molecular flexibility index (Phi) is 2.22. The quantitative estimate of drug-likeness (QED) is 0.743. The molecule has 1 amide bonds. The van der Waals surface area contributed by atoms with E-state index in [-0.39, 0.29) is 11.9 Å². The number of allylic oxidation sites excluding steroid dienone is 2. The summed E-state index contributed by atoms with van der Waals surface area (Å²) in [4.78, 5) is 11.0. The molecule has 17 heavy (non-hydrogen) atoms. The molecule has 1 aromatic rings. The van der Waals surface area contributed by atoms with E-state index in [1.165, 1.54) is 21.6 Å². The maximum atomic E-state index is 11.0. The minimum Gasteiger partial charge on any atom is -0.347 e. The van der Waals surface area contributed by atoms with Crippen LogP contribution in [0.1, 0.15) is 6.92 Å². The van der Waals surface area contributed by atoms with Gasteiger partial charge in [-0.25, -0.2) is 0 Å². The molecule has 2 aliphatic carbocycles. The lowest BCUT2D eigenvalue weighted by molar-refractivity contribution is -0.119. The zero-order chi connectivity index (χ0) is 11.8. The minimum atomic E-state index is -0.00420. The lowest BCUT2D eigenvalue weighted by atomic mass is 9.99. The second kappa shape index (κ2) is 3.74. The van der Waals surface area contributed by atoms with Crippen molar-refractivity contribution in [3.63, 3.8) is 0 Å². The Morgan fingerprint density at radius 3 is 2.94 bits per heavy atom. The third kappa shape index (κ3) is 1.72. The summed E-state index contributed by atoms with van der Waals surface area (Å²) in [6, 6.07) is 8.35. The lowest BCUT2D eigenvalue weighted by Crippen LogP contribution is -2.31. The van der Waals surface area contributed by atoms with Crippen LogP contribution in [0.25, 0.3) is 11.6 Å². The van der Waals surface area contributed by atoms with Crippen LogP contribution >= 0.6 is 0 Å². The molecule has 0 fully saturated rings. The Morgan fingerprint density at radius 2 is 2.12 bits per heavy atom. The third-order valence-electron chi connectivity index (χ3n) is 3.07. The van der Waals surface area contributed by atoms with Gasteiger partial charge in [0, 0.05) is 6.92 Å². The highest BCUT2D eigenvalue weighted by molar-refractivity contribution is 5.89. The van der Waals surface area contributed by atoms with E-state index >= 15 is 0 Å². The van der Waals surface area contributed by atoms with Crippen LogP contribution in [0.2, 0.25) is 0 Å². The molecule has 0 aromatic heterocycles. The number of hydrogen-bond acceptors (Lipinski definition) is 1. The van der Waals surface area contributed by atoms with E-state index in [4.69, 9.17) is 0 Å². The second-order valence-electron chi connectivity index (χ2n) is 4.35. The normalized spacial score (nSPS) is 20.2. The van der Waals surface area contributed by atoms with Gasteiger partial charge in [0.05, 0.1) is 6.04 Å². The Hall–Kier alpha value is -2.09. The molecule has 0 saturated heterocycles. The van der Waals surface area contributed by atoms with E-state index in [2.05, 4.69) is 41.7 Å². The van der Waals surface area contributed by atoms with Crippen molar-refractivity contribution in [1.29, 1.82) is 0 Å². The topological polar surface area (TPSA) is 29.1 Å². The van der Waals surface area contributed by atoms with E-state index in [1.54, 1.807) is 6.92 Å². The van der Waals surface area contributed by atoms with Gasteiger partial charge in [0.25, 0.3) is 0 Å². The maximum absolute atomic E-state index is 11.0. The smallest absolute Gasteiger partial charge is 0.217 e. The third-order valence-corrected chi connectivity index (χ3v) is 3.07. The standard InChI is InChI=1S/C15H13NO/c1-10(17)16-13-6-7-15-12(9-13)8-11-4-2-3-5-14(11)15/h2-9,13H,1H3,(H,16,17). The summed E-state index contributed by atoms with van der Waals surface area (Å²) < 4.78 is 0. The van der Waals surface area contributed by atoms with Gasteiger partial charge in [-0.1, -0.05) is 42.5 Å². The summed E-state index contributed by atoms with van der Waals surface area (Å²) in [5.41, 5.74) is 2.45. The van der Waals surface area contributed by atoms with Crippen LogP contribution in [0.5, 0.6) is 0 Å². The Morgan fingerprint density at radius 1 is 1.29 bits per heavy atom. The van der Waals surface area contributed by atoms with Gasteiger partial charge in [-0.3, -0.25) is 4.79 Å². The molecule has 1 atom stereocenters. The van der Waals surface area contributed by atoms with Crippen LogP contribution < -0.4 is 15.8 Å². The van der Waals surface area contributed by atoms with Crippen molar-refractivity contribution in [3.05, 3.63) is 58.5 Å². The van der Waals surface area contributed by atoms with Crippen molar-refractivity contribution in [2.75, 3.05) is 0 Å². The first-order valence-corrected chi connectivity index (χ1v) is 5.72. The summed E-state index contributed by atoms with van der Waals surface area (Å²) >= 11 is 0. The number of carbonyl (C=O) groups is 1. The summed E-state index contributed by atoms with van der Waals surface area (Å²) in [5.74, 6) is -0.00420. The number of benzene rings is 1. The SMILES string of the molecule is CC(=O)NC1C=CC2=c3ccccc3=CC2=C1. The van der Waals surface area contributed by atoms with Gasteiger partial charge in [0.2, 0.25) is 5.91 Å². The predicted molar refractivity (Wildman–Crippen MR) is 68.4 cm³/mol. The molecule has 0 spiro atoms. The highest BCUT2D eigenvalue weighted by atomic mass is 16.1. The fraction of sp³-hybridized carbons (Fsp3) is 0.133. The average molecular weight is 223 g/mol. The summed E-state index contributed by atoms with van der Waals surface area (Å²) in [5, 5.41) is 5.41. The van der Waals surface area contributed by atoms with Gasteiger partial charge in [-0.15, -0.1) is 0 Å². The molecule has 1 aromatic carbocycles. The van der Waals surface area contributed by atoms with Crippen LogP contribution in [0.4, 0.5) is 0 Å². The van der Waals surface area contributed by atoms with Crippen LogP contribution in [0, 0.1) is 0 Å². The highest BCUT2D eigenvalue weighted by Crippen LogP contribution is 2.21. The predicted octanol–water partition coefficient (Wildman–Crippen LogP) is 0.632. The molecule has 1 unspecified atom stereocenters. The van der Waals surface area contributed by atoms with Gasteiger partial charge in [0.15, 0.2) is 0 Å². The molecule has 2 heteroatoms. The van der Waals surface area contributed by atoms with Crippen LogP contribution in [0.15, 0.2) is 48.1 Å². The van der Waals surface area contributed by atoms with Crippen LogP contribution in [-0.2, 0) is 4.79 Å². The van der Waals surface area contributed by atoms with Crippen molar-refractivity contribution in [1.82, 2.24) is 5.32 Å². The molecule has 3 rings (SSSR count). The van der Waals surface area contributed by atoms with E-state index in [1.807, 2.05) is 12.1 Å². The first-order valence-electron chi connectivity index (χ1n) is 5.72. The number of nitrogens with one attached hydrogen (secondary N) is 1. The van der Waals surface area contributed by atoms with Crippen molar-refractivity contribution in [2.45, 2.75) is 13.0 Å². The molecule has 84 valence electrons. The number of hydrogen-bond donors (Lipinski definition) is 1. The second-order valence-corrected chi connectivity index (χ2v) is 4.35. The zero-order valence-corrected chi connectivity index (χ0v) is 9.60. The molecule has 2 aliphatic rings. The summed E-state index contributed by atoms with van der Waals surface area (Å²) in [6.07, 6.45) is 8.38. The monoisotopic (exact) mass is 223 g/mol. The molecule has 0 radical (unpaired) electrons. The molecule has 0 bridgehead atoms. The fourth-order valence-electron chi connectivity index (χ4n) is 2.37. The highest BCUT2D eigenvalue weighted by Gasteiger charge is 2.15. The van der Waals surface area contributed by atoms with Crippen molar-refractivity contribution in [3.8, 4) is 0 Å².